The highest BCUT2D eigenvalue weighted by molar-refractivity contribution is 5.96. The molecule has 1 aromatic carbocycles. The van der Waals surface area contributed by atoms with Crippen molar-refractivity contribution in [3.63, 3.8) is 0 Å². The highest BCUT2D eigenvalue weighted by Crippen LogP contribution is 2.43. The maximum Gasteiger partial charge on any atom is 0.227 e. The molecule has 0 bridgehead atoms. The number of hydrogen-bond donors (Lipinski definition) is 0. The molecule has 36 heavy (non-hydrogen) atoms. The number of nitrogens with zero attached hydrogens (tertiary/aromatic N) is 3. The highest BCUT2D eigenvalue weighted by atomic mass is 19.1. The van der Waals surface area contributed by atoms with Crippen LogP contribution in [0.3, 0.4) is 0 Å². The Bertz CT molecular complexity index is 870. The molecule has 7 heteroatoms. The van der Waals surface area contributed by atoms with Crippen LogP contribution < -0.4 is 9.64 Å². The van der Waals surface area contributed by atoms with Crippen molar-refractivity contribution < 1.29 is 18.3 Å². The van der Waals surface area contributed by atoms with Gasteiger partial charge in [0.05, 0.1) is 18.3 Å². The number of benzene rings is 1. The van der Waals surface area contributed by atoms with Gasteiger partial charge in [0.25, 0.3) is 0 Å². The van der Waals surface area contributed by atoms with Gasteiger partial charge >= 0.3 is 0 Å². The SMILES string of the molecule is O=C1CCC(CN2CCCCC2)N1c1cc(F)c(OCCCN2CCCC3(CCCCC3)C2)c(F)c1. The average Bonchev–Trinajstić information content (AvgIpc) is 3.24. The van der Waals surface area contributed by atoms with Crippen LogP contribution in [0.4, 0.5) is 14.5 Å². The number of halogens is 2. The maximum absolute atomic E-state index is 15.0. The predicted octanol–water partition coefficient (Wildman–Crippen LogP) is 5.76. The number of rotatable bonds is 8. The Labute approximate surface area is 215 Å². The smallest absolute Gasteiger partial charge is 0.227 e. The summed E-state index contributed by atoms with van der Waals surface area (Å²) < 4.78 is 35.5. The number of piperidine rings is 2. The number of carbonyl (C=O) groups is 1. The molecule has 200 valence electrons. The van der Waals surface area contributed by atoms with Crippen molar-refractivity contribution in [3.8, 4) is 5.75 Å². The Kier molecular flexibility index (Phi) is 8.46. The van der Waals surface area contributed by atoms with Crippen LogP contribution in [0.2, 0.25) is 0 Å². The van der Waals surface area contributed by atoms with Crippen LogP contribution in [0.25, 0.3) is 0 Å². The largest absolute Gasteiger partial charge is 0.488 e. The highest BCUT2D eigenvalue weighted by Gasteiger charge is 2.36. The van der Waals surface area contributed by atoms with Crippen molar-refractivity contribution in [3.05, 3.63) is 23.8 Å². The Morgan fingerprint density at radius 2 is 1.56 bits per heavy atom. The molecule has 0 radical (unpaired) electrons. The minimum atomic E-state index is -0.722. The Morgan fingerprint density at radius 1 is 0.889 bits per heavy atom. The number of carbonyl (C=O) groups excluding carboxylic acids is 1. The van der Waals surface area contributed by atoms with Crippen LogP contribution in [0, 0.1) is 17.0 Å². The summed E-state index contributed by atoms with van der Waals surface area (Å²) in [6.07, 6.45) is 14.9. The van der Waals surface area contributed by atoms with Crippen molar-refractivity contribution in [1.82, 2.24) is 9.80 Å². The predicted molar refractivity (Wildman–Crippen MR) is 138 cm³/mol. The van der Waals surface area contributed by atoms with Gasteiger partial charge in [0.2, 0.25) is 5.91 Å². The molecule has 1 saturated carbocycles. The first-order valence-electron chi connectivity index (χ1n) is 14.4. The molecular formula is C29H43F2N3O2. The topological polar surface area (TPSA) is 36.0 Å². The summed E-state index contributed by atoms with van der Waals surface area (Å²) in [4.78, 5) is 19.1. The van der Waals surface area contributed by atoms with Crippen LogP contribution in [0.1, 0.15) is 83.5 Å². The fourth-order valence-corrected chi connectivity index (χ4v) is 7.21. The molecular weight excluding hydrogens is 460 g/mol. The van der Waals surface area contributed by atoms with Gasteiger partial charge in [0.15, 0.2) is 17.4 Å². The molecule has 1 unspecified atom stereocenters. The van der Waals surface area contributed by atoms with Gasteiger partial charge in [-0.25, -0.2) is 8.78 Å². The van der Waals surface area contributed by atoms with E-state index < -0.39 is 11.6 Å². The zero-order valence-electron chi connectivity index (χ0n) is 21.8. The lowest BCUT2D eigenvalue weighted by molar-refractivity contribution is -0.117. The molecule has 1 aromatic rings. The van der Waals surface area contributed by atoms with E-state index in [0.717, 1.165) is 52.1 Å². The Hall–Kier alpha value is -1.73. The molecule has 3 aliphatic heterocycles. The van der Waals surface area contributed by atoms with E-state index in [4.69, 9.17) is 4.74 Å². The number of anilines is 1. The third kappa shape index (κ3) is 6.04. The summed E-state index contributed by atoms with van der Waals surface area (Å²) in [5.74, 6) is -1.82. The summed E-state index contributed by atoms with van der Waals surface area (Å²) in [6.45, 7) is 6.30. The van der Waals surface area contributed by atoms with Gasteiger partial charge in [-0.1, -0.05) is 25.7 Å². The molecule has 0 N–H and O–H groups in total. The van der Waals surface area contributed by atoms with E-state index in [1.807, 2.05) is 0 Å². The summed E-state index contributed by atoms with van der Waals surface area (Å²) in [5, 5.41) is 0. The van der Waals surface area contributed by atoms with Crippen molar-refractivity contribution >= 4 is 11.6 Å². The van der Waals surface area contributed by atoms with E-state index in [1.165, 1.54) is 76.3 Å². The summed E-state index contributed by atoms with van der Waals surface area (Å²) in [6, 6.07) is 2.53. The zero-order valence-corrected chi connectivity index (χ0v) is 21.8. The van der Waals surface area contributed by atoms with Crippen molar-refractivity contribution in [1.29, 1.82) is 0 Å². The first-order valence-corrected chi connectivity index (χ1v) is 14.4. The minimum absolute atomic E-state index is 0.0295. The second kappa shape index (κ2) is 11.8. The van der Waals surface area contributed by atoms with Gasteiger partial charge in [0, 0.05) is 38.2 Å². The van der Waals surface area contributed by atoms with E-state index in [9.17, 15) is 13.6 Å². The van der Waals surface area contributed by atoms with Crippen molar-refractivity contribution in [2.24, 2.45) is 5.41 Å². The summed E-state index contributed by atoms with van der Waals surface area (Å²) in [7, 11) is 0. The Balaban J connectivity index is 1.15. The molecule has 1 aliphatic carbocycles. The molecule has 4 fully saturated rings. The molecule has 1 atom stereocenters. The standard InChI is InChI=1S/C29H43F2N3O2/c30-25-19-24(34-23(9-10-27(34)35)21-32-14-5-2-6-15-32)20-26(31)28(25)36-18-8-17-33-16-7-13-29(22-33)11-3-1-4-12-29/h19-20,23H,1-18,21-22H2. The normalized spacial score (nSPS) is 25.6. The van der Waals surface area contributed by atoms with Crippen LogP contribution in [-0.4, -0.2) is 67.6 Å². The second-order valence-electron chi connectivity index (χ2n) is 11.7. The zero-order chi connectivity index (χ0) is 25.0. The third-order valence-electron chi connectivity index (χ3n) is 9.02. The third-order valence-corrected chi connectivity index (χ3v) is 9.02. The Morgan fingerprint density at radius 3 is 2.31 bits per heavy atom. The van der Waals surface area contributed by atoms with Gasteiger partial charge in [0.1, 0.15) is 0 Å². The van der Waals surface area contributed by atoms with E-state index in [-0.39, 0.29) is 24.3 Å². The van der Waals surface area contributed by atoms with Gasteiger partial charge in [-0.2, -0.15) is 0 Å². The van der Waals surface area contributed by atoms with E-state index >= 15 is 0 Å². The molecule has 1 spiro atoms. The number of ether oxygens (including phenoxy) is 1. The monoisotopic (exact) mass is 503 g/mol. The fraction of sp³-hybridized carbons (Fsp3) is 0.759. The summed E-state index contributed by atoms with van der Waals surface area (Å²) in [5.41, 5.74) is 0.817. The molecule has 5 nitrogen and oxygen atoms in total. The molecule has 5 rings (SSSR count). The van der Waals surface area contributed by atoms with Gasteiger partial charge in [-0.15, -0.1) is 0 Å². The molecule has 1 amide bonds. The minimum Gasteiger partial charge on any atom is -0.488 e. The van der Waals surface area contributed by atoms with Gasteiger partial charge in [-0.05, 0) is 76.4 Å². The quantitative estimate of drug-likeness (QED) is 0.423. The molecule has 3 saturated heterocycles. The van der Waals surface area contributed by atoms with E-state index in [2.05, 4.69) is 9.80 Å². The number of amides is 1. The van der Waals surface area contributed by atoms with Crippen LogP contribution >= 0.6 is 0 Å². The lowest BCUT2D eigenvalue weighted by Gasteiger charge is -2.45. The lowest BCUT2D eigenvalue weighted by atomic mass is 9.69. The maximum atomic E-state index is 15.0. The number of hydrogen-bond acceptors (Lipinski definition) is 4. The van der Waals surface area contributed by atoms with Crippen molar-refractivity contribution in [2.75, 3.05) is 50.8 Å². The van der Waals surface area contributed by atoms with Gasteiger partial charge < -0.3 is 19.4 Å². The molecule has 4 aliphatic rings. The van der Waals surface area contributed by atoms with E-state index in [0.29, 0.717) is 17.5 Å². The lowest BCUT2D eigenvalue weighted by Crippen LogP contribution is -2.44. The average molecular weight is 504 g/mol. The molecule has 3 heterocycles. The first kappa shape index (κ1) is 25.9. The van der Waals surface area contributed by atoms with Crippen LogP contribution in [0.5, 0.6) is 5.75 Å². The number of likely N-dealkylation sites (tertiary alicyclic amines) is 2. The van der Waals surface area contributed by atoms with Crippen LogP contribution in [-0.2, 0) is 4.79 Å². The van der Waals surface area contributed by atoms with Crippen LogP contribution in [0.15, 0.2) is 12.1 Å². The van der Waals surface area contributed by atoms with Crippen molar-refractivity contribution in [2.45, 2.75) is 89.5 Å². The molecule has 0 aromatic heterocycles. The second-order valence-corrected chi connectivity index (χ2v) is 11.7. The van der Waals surface area contributed by atoms with Gasteiger partial charge in [-0.3, -0.25) is 4.79 Å². The van der Waals surface area contributed by atoms with E-state index in [1.54, 1.807) is 4.90 Å². The summed E-state index contributed by atoms with van der Waals surface area (Å²) >= 11 is 0. The fourth-order valence-electron chi connectivity index (χ4n) is 7.21. The first-order chi connectivity index (χ1) is 17.5.